The van der Waals surface area contributed by atoms with E-state index in [1.807, 2.05) is 24.3 Å². The SMILES string of the molecule is Cc1c(-c2ccc(C(C)C)cc2)c(-c2ccc(C(C)C)cc2)cc2sc3ccccc3c(=O)c12. The van der Waals surface area contributed by atoms with E-state index in [4.69, 9.17) is 0 Å². The Kier molecular flexibility index (Phi) is 5.87. The molecule has 1 aromatic heterocycles. The summed E-state index contributed by atoms with van der Waals surface area (Å²) in [5.74, 6) is 0.975. The topological polar surface area (TPSA) is 17.1 Å². The Hall–Kier alpha value is -3.23. The number of benzene rings is 4. The number of aryl methyl sites for hydroxylation is 1. The van der Waals surface area contributed by atoms with E-state index in [0.29, 0.717) is 11.8 Å². The van der Waals surface area contributed by atoms with Crippen LogP contribution in [0.15, 0.2) is 83.7 Å². The summed E-state index contributed by atoms with van der Waals surface area (Å²) >= 11 is 1.71. The molecular weight excluding hydrogens is 432 g/mol. The number of fused-ring (bicyclic) bond motifs is 2. The van der Waals surface area contributed by atoms with E-state index in [1.165, 1.54) is 22.3 Å². The quantitative estimate of drug-likeness (QED) is 0.243. The summed E-state index contributed by atoms with van der Waals surface area (Å²) in [6.07, 6.45) is 0. The largest absolute Gasteiger partial charge is 0.288 e. The van der Waals surface area contributed by atoms with E-state index >= 15 is 0 Å². The van der Waals surface area contributed by atoms with Crippen molar-refractivity contribution in [3.8, 4) is 22.3 Å². The van der Waals surface area contributed by atoms with Gasteiger partial charge in [0.25, 0.3) is 0 Å². The zero-order valence-electron chi connectivity index (χ0n) is 20.5. The lowest BCUT2D eigenvalue weighted by Gasteiger charge is -2.18. The maximum atomic E-state index is 13.6. The second kappa shape index (κ2) is 8.85. The van der Waals surface area contributed by atoms with Crippen LogP contribution in [0.3, 0.4) is 0 Å². The van der Waals surface area contributed by atoms with Gasteiger partial charge in [0, 0.05) is 20.2 Å². The summed E-state index contributed by atoms with van der Waals surface area (Å²) in [5, 5.41) is 1.65. The molecule has 0 N–H and O–H groups in total. The molecule has 0 saturated heterocycles. The number of rotatable bonds is 4. The third-order valence-electron chi connectivity index (χ3n) is 6.87. The van der Waals surface area contributed by atoms with E-state index in [9.17, 15) is 4.79 Å². The molecule has 170 valence electrons. The Morgan fingerprint density at radius 2 is 1.24 bits per heavy atom. The van der Waals surface area contributed by atoms with Crippen molar-refractivity contribution in [2.24, 2.45) is 0 Å². The molecule has 0 saturated carbocycles. The standard InChI is InChI=1S/C32H30OS/c1-19(2)22-10-14-24(15-11-22)27-18-29-31(32(33)26-8-6-7-9-28(26)34-29)21(5)30(27)25-16-12-23(13-17-25)20(3)4/h6-20H,1-5H3. The van der Waals surface area contributed by atoms with Crippen molar-refractivity contribution in [1.29, 1.82) is 0 Å². The average Bonchev–Trinajstić information content (AvgIpc) is 2.84. The second-order valence-corrected chi connectivity index (χ2v) is 10.9. The summed E-state index contributed by atoms with van der Waals surface area (Å²) in [6.45, 7) is 11.0. The van der Waals surface area contributed by atoms with Crippen LogP contribution in [-0.2, 0) is 0 Å². The van der Waals surface area contributed by atoms with Gasteiger partial charge in [0.15, 0.2) is 5.43 Å². The smallest absolute Gasteiger partial charge is 0.196 e. The maximum Gasteiger partial charge on any atom is 0.196 e. The summed E-state index contributed by atoms with van der Waals surface area (Å²) < 4.78 is 2.08. The lowest BCUT2D eigenvalue weighted by molar-refractivity contribution is 0.867. The van der Waals surface area contributed by atoms with Crippen molar-refractivity contribution >= 4 is 31.5 Å². The van der Waals surface area contributed by atoms with Crippen LogP contribution in [0.5, 0.6) is 0 Å². The van der Waals surface area contributed by atoms with Crippen LogP contribution in [0.25, 0.3) is 42.4 Å². The van der Waals surface area contributed by atoms with Crippen LogP contribution in [-0.4, -0.2) is 0 Å². The van der Waals surface area contributed by atoms with E-state index in [0.717, 1.165) is 36.9 Å². The maximum absolute atomic E-state index is 13.6. The molecule has 34 heavy (non-hydrogen) atoms. The van der Waals surface area contributed by atoms with Gasteiger partial charge >= 0.3 is 0 Å². The zero-order valence-corrected chi connectivity index (χ0v) is 21.3. The van der Waals surface area contributed by atoms with Crippen LogP contribution >= 0.6 is 11.3 Å². The van der Waals surface area contributed by atoms with Crippen molar-refractivity contribution in [2.45, 2.75) is 46.5 Å². The molecule has 0 spiro atoms. The fourth-order valence-electron chi connectivity index (χ4n) is 4.83. The lowest BCUT2D eigenvalue weighted by atomic mass is 9.87. The fraction of sp³-hybridized carbons (Fsp3) is 0.219. The van der Waals surface area contributed by atoms with Gasteiger partial charge in [-0.1, -0.05) is 88.4 Å². The highest BCUT2D eigenvalue weighted by Crippen LogP contribution is 2.41. The van der Waals surface area contributed by atoms with Gasteiger partial charge in [0.2, 0.25) is 0 Å². The first kappa shape index (κ1) is 22.6. The molecule has 4 aromatic carbocycles. The molecule has 0 amide bonds. The van der Waals surface area contributed by atoms with Crippen molar-refractivity contribution in [2.75, 3.05) is 0 Å². The van der Waals surface area contributed by atoms with E-state index in [1.54, 1.807) is 11.3 Å². The second-order valence-electron chi connectivity index (χ2n) is 9.78. The Bertz CT molecular complexity index is 1550. The first-order valence-electron chi connectivity index (χ1n) is 12.0. The van der Waals surface area contributed by atoms with Gasteiger partial charge in [-0.25, -0.2) is 0 Å². The molecule has 0 aliphatic rings. The van der Waals surface area contributed by atoms with Gasteiger partial charge in [-0.3, -0.25) is 4.79 Å². The molecule has 2 heteroatoms. The van der Waals surface area contributed by atoms with Crippen molar-refractivity contribution in [3.63, 3.8) is 0 Å². The van der Waals surface area contributed by atoms with Gasteiger partial charge in [-0.05, 0) is 75.9 Å². The summed E-state index contributed by atoms with van der Waals surface area (Å²) in [5.41, 5.74) is 8.52. The number of hydrogen-bond acceptors (Lipinski definition) is 2. The third kappa shape index (κ3) is 3.86. The van der Waals surface area contributed by atoms with E-state index in [2.05, 4.69) is 89.2 Å². The zero-order chi connectivity index (χ0) is 24.0. The molecule has 5 rings (SSSR count). The van der Waals surface area contributed by atoms with Crippen LogP contribution in [0.2, 0.25) is 0 Å². The van der Waals surface area contributed by atoms with Crippen molar-refractivity contribution in [1.82, 2.24) is 0 Å². The molecular formula is C32H30OS. The van der Waals surface area contributed by atoms with Crippen LogP contribution in [0.4, 0.5) is 0 Å². The van der Waals surface area contributed by atoms with E-state index < -0.39 is 0 Å². The van der Waals surface area contributed by atoms with Gasteiger partial charge < -0.3 is 0 Å². The molecule has 0 unspecified atom stereocenters. The lowest BCUT2D eigenvalue weighted by Crippen LogP contribution is -2.05. The van der Waals surface area contributed by atoms with Gasteiger partial charge in [-0.15, -0.1) is 11.3 Å². The van der Waals surface area contributed by atoms with E-state index in [-0.39, 0.29) is 5.43 Å². The highest BCUT2D eigenvalue weighted by Gasteiger charge is 2.18. The third-order valence-corrected chi connectivity index (χ3v) is 7.99. The first-order chi connectivity index (χ1) is 16.3. The normalized spacial score (nSPS) is 11.7. The Labute approximate surface area is 205 Å². The predicted octanol–water partition coefficient (Wildman–Crippen LogP) is 9.30. The summed E-state index contributed by atoms with van der Waals surface area (Å²) in [7, 11) is 0. The predicted molar refractivity (Wildman–Crippen MR) is 149 cm³/mol. The van der Waals surface area contributed by atoms with Gasteiger partial charge in [-0.2, -0.15) is 0 Å². The highest BCUT2D eigenvalue weighted by atomic mass is 32.1. The highest BCUT2D eigenvalue weighted by molar-refractivity contribution is 7.24. The molecule has 1 nitrogen and oxygen atoms in total. The molecule has 5 aromatic rings. The molecule has 0 fully saturated rings. The van der Waals surface area contributed by atoms with Gasteiger partial charge in [0.1, 0.15) is 0 Å². The molecule has 1 heterocycles. The Balaban J connectivity index is 1.85. The minimum absolute atomic E-state index is 0.128. The minimum Gasteiger partial charge on any atom is -0.288 e. The van der Waals surface area contributed by atoms with Gasteiger partial charge in [0.05, 0.1) is 0 Å². The van der Waals surface area contributed by atoms with Crippen molar-refractivity contribution in [3.05, 3.63) is 106 Å². The molecule has 0 radical (unpaired) electrons. The summed E-state index contributed by atoms with van der Waals surface area (Å²) in [6, 6.07) is 28.0. The molecule has 0 bridgehead atoms. The fourth-order valence-corrected chi connectivity index (χ4v) is 6.01. The molecule has 0 atom stereocenters. The van der Waals surface area contributed by atoms with Crippen LogP contribution in [0, 0.1) is 6.92 Å². The molecule has 0 aliphatic carbocycles. The minimum atomic E-state index is 0.128. The Morgan fingerprint density at radius 3 is 1.82 bits per heavy atom. The Morgan fingerprint density at radius 1 is 0.676 bits per heavy atom. The van der Waals surface area contributed by atoms with Crippen LogP contribution in [0.1, 0.15) is 56.2 Å². The number of hydrogen-bond donors (Lipinski definition) is 0. The van der Waals surface area contributed by atoms with Crippen molar-refractivity contribution < 1.29 is 0 Å². The summed E-state index contributed by atoms with van der Waals surface area (Å²) in [4.78, 5) is 13.6. The van der Waals surface area contributed by atoms with Crippen LogP contribution < -0.4 is 5.43 Å². The first-order valence-corrected chi connectivity index (χ1v) is 12.9. The molecule has 0 aliphatic heterocycles. The monoisotopic (exact) mass is 462 g/mol. The average molecular weight is 463 g/mol.